The topological polar surface area (TPSA) is 152 Å². The quantitative estimate of drug-likeness (QED) is 0.250. The number of nitrogens with one attached hydrogen (secondary N) is 4. The van der Waals surface area contributed by atoms with Crippen LogP contribution >= 0.6 is 0 Å². The van der Waals surface area contributed by atoms with Gasteiger partial charge < -0.3 is 30.7 Å². The zero-order valence-electron chi connectivity index (χ0n) is 24.9. The van der Waals surface area contributed by atoms with Gasteiger partial charge in [-0.15, -0.1) is 0 Å². The summed E-state index contributed by atoms with van der Waals surface area (Å²) in [6, 6.07) is 16.2. The fourth-order valence-electron chi connectivity index (χ4n) is 3.82. The smallest absolute Gasteiger partial charge is 0.408 e. The number of benzene rings is 2. The van der Waals surface area contributed by atoms with Crippen LogP contribution in [-0.4, -0.2) is 60.6 Å². The van der Waals surface area contributed by atoms with E-state index in [1.807, 2.05) is 74.5 Å². The highest BCUT2D eigenvalue weighted by atomic mass is 16.6. The Labute approximate surface area is 247 Å². The molecule has 0 heterocycles. The van der Waals surface area contributed by atoms with E-state index in [0.29, 0.717) is 6.42 Å². The van der Waals surface area contributed by atoms with Gasteiger partial charge in [0.1, 0.15) is 37.4 Å². The Balaban J connectivity index is 2.03. The highest BCUT2D eigenvalue weighted by molar-refractivity contribution is 5.93. The molecule has 228 valence electrons. The van der Waals surface area contributed by atoms with Gasteiger partial charge in [-0.05, 0) is 44.2 Å². The van der Waals surface area contributed by atoms with E-state index in [9.17, 15) is 24.0 Å². The first-order valence-electron chi connectivity index (χ1n) is 13.9. The maximum atomic E-state index is 13.4. The van der Waals surface area contributed by atoms with E-state index >= 15 is 0 Å². The summed E-state index contributed by atoms with van der Waals surface area (Å²) in [6.45, 7) is 8.19. The van der Waals surface area contributed by atoms with E-state index in [1.54, 1.807) is 20.8 Å². The molecule has 2 rings (SSSR count). The Kier molecular flexibility index (Phi) is 13.5. The van der Waals surface area contributed by atoms with Gasteiger partial charge in [0.25, 0.3) is 0 Å². The van der Waals surface area contributed by atoms with Crippen molar-refractivity contribution in [2.75, 3.05) is 13.1 Å². The van der Waals surface area contributed by atoms with Crippen LogP contribution in [0.25, 0.3) is 0 Å². The number of esters is 1. The molecule has 42 heavy (non-hydrogen) atoms. The van der Waals surface area contributed by atoms with Crippen LogP contribution in [0.15, 0.2) is 60.7 Å². The summed E-state index contributed by atoms with van der Waals surface area (Å²) in [4.78, 5) is 63.2. The molecule has 4 amide bonds. The first-order chi connectivity index (χ1) is 19.8. The molecule has 0 spiro atoms. The zero-order valence-corrected chi connectivity index (χ0v) is 24.9. The van der Waals surface area contributed by atoms with Crippen molar-refractivity contribution in [3.8, 4) is 0 Å². The summed E-state index contributed by atoms with van der Waals surface area (Å²) in [5, 5.41) is 10.3. The molecule has 4 N–H and O–H groups in total. The first-order valence-corrected chi connectivity index (χ1v) is 13.9. The molecule has 2 aromatic rings. The normalized spacial score (nSPS) is 12.4. The Morgan fingerprint density at radius 3 is 1.90 bits per heavy atom. The van der Waals surface area contributed by atoms with Gasteiger partial charge in [-0.1, -0.05) is 74.5 Å². The second-order valence-electron chi connectivity index (χ2n) is 11.2. The lowest BCUT2D eigenvalue weighted by atomic mass is 10.0. The fourth-order valence-corrected chi connectivity index (χ4v) is 3.82. The van der Waals surface area contributed by atoms with Crippen molar-refractivity contribution < 1.29 is 33.4 Å². The molecule has 0 aliphatic heterocycles. The molecular formula is C31H42N4O7. The van der Waals surface area contributed by atoms with Crippen LogP contribution in [-0.2, 0) is 41.7 Å². The van der Waals surface area contributed by atoms with Crippen LogP contribution in [0.5, 0.6) is 0 Å². The molecule has 2 atom stereocenters. The van der Waals surface area contributed by atoms with Gasteiger partial charge in [-0.3, -0.25) is 19.2 Å². The Hall–Kier alpha value is -4.41. The molecule has 0 unspecified atom stereocenters. The van der Waals surface area contributed by atoms with Gasteiger partial charge in [0, 0.05) is 6.42 Å². The second kappa shape index (κ2) is 16.8. The number of carbonyl (C=O) groups is 5. The molecule has 0 aliphatic rings. The summed E-state index contributed by atoms with van der Waals surface area (Å²) in [5.41, 5.74) is 0.861. The van der Waals surface area contributed by atoms with Crippen molar-refractivity contribution in [1.29, 1.82) is 0 Å². The summed E-state index contributed by atoms with van der Waals surface area (Å²) in [6.07, 6.45) is -0.326. The minimum absolute atomic E-state index is 0.0336. The van der Waals surface area contributed by atoms with E-state index < -0.39 is 54.0 Å². The number of hydrogen-bond donors (Lipinski definition) is 4. The average molecular weight is 583 g/mol. The van der Waals surface area contributed by atoms with Gasteiger partial charge in [0.2, 0.25) is 17.7 Å². The van der Waals surface area contributed by atoms with Gasteiger partial charge in [0.05, 0.1) is 0 Å². The van der Waals surface area contributed by atoms with Crippen molar-refractivity contribution in [3.63, 3.8) is 0 Å². The lowest BCUT2D eigenvalue weighted by Gasteiger charge is -2.24. The molecule has 0 aromatic heterocycles. The zero-order chi connectivity index (χ0) is 31.1. The number of carbonyl (C=O) groups excluding carboxylic acids is 5. The maximum Gasteiger partial charge on any atom is 0.408 e. The first kappa shape index (κ1) is 33.8. The highest BCUT2D eigenvalue weighted by Crippen LogP contribution is 2.09. The van der Waals surface area contributed by atoms with Crippen LogP contribution in [0.2, 0.25) is 0 Å². The van der Waals surface area contributed by atoms with Crippen molar-refractivity contribution in [3.05, 3.63) is 71.8 Å². The SMILES string of the molecule is CC(C)C[C@@H](NC(=O)[C@@H](Cc1ccccc1)NC(=O)CNC(=O)OC(C)(C)C)C(=O)NCC(=O)OCc1ccccc1. The largest absolute Gasteiger partial charge is 0.460 e. The lowest BCUT2D eigenvalue weighted by molar-refractivity contribution is -0.145. The van der Waals surface area contributed by atoms with Gasteiger partial charge >= 0.3 is 12.1 Å². The van der Waals surface area contributed by atoms with E-state index in [1.165, 1.54) is 0 Å². The van der Waals surface area contributed by atoms with Crippen LogP contribution in [0.4, 0.5) is 4.79 Å². The molecule has 0 aliphatic carbocycles. The summed E-state index contributed by atoms with van der Waals surface area (Å²) < 4.78 is 10.4. The second-order valence-corrected chi connectivity index (χ2v) is 11.2. The molecule has 2 aromatic carbocycles. The fraction of sp³-hybridized carbons (Fsp3) is 0.452. The Morgan fingerprint density at radius 2 is 1.33 bits per heavy atom. The van der Waals surface area contributed by atoms with E-state index in [2.05, 4.69) is 21.3 Å². The summed E-state index contributed by atoms with van der Waals surface area (Å²) in [7, 11) is 0. The van der Waals surface area contributed by atoms with Crippen LogP contribution in [0, 0.1) is 5.92 Å². The van der Waals surface area contributed by atoms with Crippen molar-refractivity contribution in [2.45, 2.75) is 71.8 Å². The molecule has 11 nitrogen and oxygen atoms in total. The van der Waals surface area contributed by atoms with Crippen LogP contribution in [0.1, 0.15) is 52.2 Å². The molecular weight excluding hydrogens is 540 g/mol. The minimum atomic E-state index is -1.04. The standard InChI is InChI=1S/C31H42N4O7/c1-21(2)16-24(28(38)32-19-27(37)41-20-23-14-10-7-11-15-23)35-29(39)25(17-22-12-8-6-9-13-22)34-26(36)18-33-30(40)42-31(3,4)5/h6-15,21,24-25H,16-20H2,1-5H3,(H,32,38)(H,33,40)(H,34,36)(H,35,39)/t24-,25-/m1/s1. The molecule has 0 radical (unpaired) electrons. The Morgan fingerprint density at radius 1 is 0.738 bits per heavy atom. The predicted octanol–water partition coefficient (Wildman–Crippen LogP) is 2.63. The lowest BCUT2D eigenvalue weighted by Crippen LogP contribution is -2.56. The average Bonchev–Trinajstić information content (AvgIpc) is 2.93. The summed E-state index contributed by atoms with van der Waals surface area (Å²) in [5.74, 6) is -2.33. The van der Waals surface area contributed by atoms with Gasteiger partial charge in [-0.2, -0.15) is 0 Å². The summed E-state index contributed by atoms with van der Waals surface area (Å²) >= 11 is 0. The molecule has 0 saturated heterocycles. The van der Waals surface area contributed by atoms with Crippen LogP contribution < -0.4 is 21.3 Å². The maximum absolute atomic E-state index is 13.4. The number of amides is 4. The van der Waals surface area contributed by atoms with Gasteiger partial charge in [-0.25, -0.2) is 4.79 Å². The number of ether oxygens (including phenoxy) is 2. The minimum Gasteiger partial charge on any atom is -0.460 e. The third-order valence-corrected chi connectivity index (χ3v) is 5.72. The predicted molar refractivity (Wildman–Crippen MR) is 157 cm³/mol. The van der Waals surface area contributed by atoms with Gasteiger partial charge in [0.15, 0.2) is 0 Å². The number of alkyl carbamates (subject to hydrolysis) is 1. The third kappa shape index (κ3) is 13.8. The molecule has 0 saturated carbocycles. The highest BCUT2D eigenvalue weighted by Gasteiger charge is 2.28. The number of hydrogen-bond acceptors (Lipinski definition) is 7. The van der Waals surface area contributed by atoms with Crippen molar-refractivity contribution in [1.82, 2.24) is 21.3 Å². The van der Waals surface area contributed by atoms with Crippen molar-refractivity contribution >= 4 is 29.8 Å². The molecule has 0 fully saturated rings. The van der Waals surface area contributed by atoms with Crippen molar-refractivity contribution in [2.24, 2.45) is 5.92 Å². The van der Waals surface area contributed by atoms with E-state index in [4.69, 9.17) is 9.47 Å². The Bertz CT molecular complexity index is 1180. The third-order valence-electron chi connectivity index (χ3n) is 5.72. The van der Waals surface area contributed by atoms with E-state index in [0.717, 1.165) is 11.1 Å². The number of rotatable bonds is 14. The molecule has 11 heteroatoms. The van der Waals surface area contributed by atoms with E-state index in [-0.39, 0.29) is 25.5 Å². The molecule has 0 bridgehead atoms. The monoisotopic (exact) mass is 582 g/mol. The van der Waals surface area contributed by atoms with Crippen LogP contribution in [0.3, 0.4) is 0 Å².